The summed E-state index contributed by atoms with van der Waals surface area (Å²) in [6, 6.07) is 11.6. The molecular formula is C22H27ClN2O4. The summed E-state index contributed by atoms with van der Waals surface area (Å²) in [5.74, 6) is 0.207. The molecule has 0 aliphatic rings. The van der Waals surface area contributed by atoms with Crippen molar-refractivity contribution < 1.29 is 19.1 Å². The Balaban J connectivity index is 2.28. The summed E-state index contributed by atoms with van der Waals surface area (Å²) in [7, 11) is 1.49. The van der Waals surface area contributed by atoms with Crippen molar-refractivity contribution in [3.63, 3.8) is 0 Å². The maximum absolute atomic E-state index is 13.2. The van der Waals surface area contributed by atoms with Gasteiger partial charge < -0.3 is 19.7 Å². The Morgan fingerprint density at radius 1 is 1.17 bits per heavy atom. The van der Waals surface area contributed by atoms with Crippen molar-refractivity contribution in [3.8, 4) is 11.5 Å². The summed E-state index contributed by atoms with van der Waals surface area (Å²) in [5, 5.41) is 3.13. The predicted molar refractivity (Wildman–Crippen MR) is 115 cm³/mol. The number of hydrogen-bond donors (Lipinski definition) is 1. The van der Waals surface area contributed by atoms with E-state index in [1.807, 2.05) is 32.0 Å². The normalized spacial score (nSPS) is 11.5. The van der Waals surface area contributed by atoms with Gasteiger partial charge in [0.05, 0.1) is 18.7 Å². The molecule has 2 aromatic carbocycles. The molecule has 0 aliphatic heterocycles. The third kappa shape index (κ3) is 5.64. The number of ether oxygens (including phenoxy) is 2. The Kier molecular flexibility index (Phi) is 8.34. The highest BCUT2D eigenvalue weighted by Gasteiger charge is 2.27. The number of hydrogen-bond acceptors (Lipinski definition) is 4. The van der Waals surface area contributed by atoms with Crippen LogP contribution in [0.1, 0.15) is 37.6 Å². The van der Waals surface area contributed by atoms with Crippen molar-refractivity contribution in [2.45, 2.75) is 33.2 Å². The number of methoxy groups -OCH3 is 1. The first-order valence-electron chi connectivity index (χ1n) is 9.60. The highest BCUT2D eigenvalue weighted by Crippen LogP contribution is 2.36. The maximum Gasteiger partial charge on any atom is 0.254 e. The monoisotopic (exact) mass is 418 g/mol. The zero-order valence-electron chi connectivity index (χ0n) is 17.2. The summed E-state index contributed by atoms with van der Waals surface area (Å²) in [6.45, 7) is 6.34. The van der Waals surface area contributed by atoms with Gasteiger partial charge in [-0.3, -0.25) is 9.59 Å². The molecule has 0 bridgehead atoms. The predicted octanol–water partition coefficient (Wildman–Crippen LogP) is 4.63. The third-order valence-corrected chi connectivity index (χ3v) is 4.66. The minimum Gasteiger partial charge on any atom is -0.493 e. The van der Waals surface area contributed by atoms with Gasteiger partial charge in [0.25, 0.3) is 5.91 Å². The molecule has 7 heteroatoms. The van der Waals surface area contributed by atoms with E-state index < -0.39 is 6.04 Å². The second-order valence-electron chi connectivity index (χ2n) is 6.45. The molecule has 6 nitrogen and oxygen atoms in total. The zero-order valence-corrected chi connectivity index (χ0v) is 18.0. The van der Waals surface area contributed by atoms with Crippen LogP contribution in [-0.4, -0.2) is 43.0 Å². The van der Waals surface area contributed by atoms with Crippen molar-refractivity contribution in [1.29, 1.82) is 0 Å². The van der Waals surface area contributed by atoms with Crippen LogP contribution in [0.2, 0.25) is 5.02 Å². The number of halogens is 1. The van der Waals surface area contributed by atoms with Crippen LogP contribution < -0.4 is 14.8 Å². The first kappa shape index (κ1) is 22.6. The molecule has 2 amide bonds. The SMILES string of the molecule is CCCN(C(=O)c1cc(Cl)c(OCC)c(OC)c1)C(C)C(=O)Nc1ccccc1. The van der Waals surface area contributed by atoms with Crippen molar-refractivity contribution in [3.05, 3.63) is 53.1 Å². The molecule has 1 N–H and O–H groups in total. The third-order valence-electron chi connectivity index (χ3n) is 4.38. The van der Waals surface area contributed by atoms with Gasteiger partial charge in [-0.2, -0.15) is 0 Å². The zero-order chi connectivity index (χ0) is 21.4. The summed E-state index contributed by atoms with van der Waals surface area (Å²) in [5.41, 5.74) is 1.02. The van der Waals surface area contributed by atoms with Crippen LogP contribution in [0.25, 0.3) is 0 Å². The molecule has 2 aromatic rings. The van der Waals surface area contributed by atoms with Crippen LogP contribution in [0.3, 0.4) is 0 Å². The quantitative estimate of drug-likeness (QED) is 0.644. The van der Waals surface area contributed by atoms with Gasteiger partial charge >= 0.3 is 0 Å². The number of nitrogens with one attached hydrogen (secondary N) is 1. The van der Waals surface area contributed by atoms with Gasteiger partial charge in [0.15, 0.2) is 11.5 Å². The Bertz CT molecular complexity index is 842. The van der Waals surface area contributed by atoms with Crippen LogP contribution in [0.15, 0.2) is 42.5 Å². The Morgan fingerprint density at radius 2 is 1.86 bits per heavy atom. The van der Waals surface area contributed by atoms with E-state index in [9.17, 15) is 9.59 Å². The van der Waals surface area contributed by atoms with E-state index in [-0.39, 0.29) is 16.8 Å². The number of carbonyl (C=O) groups is 2. The van der Waals surface area contributed by atoms with Crippen LogP contribution in [-0.2, 0) is 4.79 Å². The first-order chi connectivity index (χ1) is 13.9. The topological polar surface area (TPSA) is 67.9 Å². The van der Waals surface area contributed by atoms with Gasteiger partial charge in [0.2, 0.25) is 5.91 Å². The van der Waals surface area contributed by atoms with E-state index in [0.29, 0.717) is 42.3 Å². The van der Waals surface area contributed by atoms with E-state index in [2.05, 4.69) is 5.32 Å². The number of anilines is 1. The lowest BCUT2D eigenvalue weighted by Gasteiger charge is -2.28. The lowest BCUT2D eigenvalue weighted by atomic mass is 10.1. The number of rotatable bonds is 9. The van der Waals surface area contributed by atoms with Crippen LogP contribution in [0, 0.1) is 0 Å². The fourth-order valence-electron chi connectivity index (χ4n) is 2.92. The molecule has 1 atom stereocenters. The van der Waals surface area contributed by atoms with Gasteiger partial charge in [-0.15, -0.1) is 0 Å². The highest BCUT2D eigenvalue weighted by molar-refractivity contribution is 6.32. The van der Waals surface area contributed by atoms with Crippen LogP contribution in [0.4, 0.5) is 5.69 Å². The molecule has 0 aliphatic carbocycles. The van der Waals surface area contributed by atoms with Crippen molar-refractivity contribution in [2.24, 2.45) is 0 Å². The van der Waals surface area contributed by atoms with E-state index in [0.717, 1.165) is 0 Å². The number of nitrogens with zero attached hydrogens (tertiary/aromatic N) is 1. The number of para-hydroxylation sites is 1. The number of carbonyl (C=O) groups excluding carboxylic acids is 2. The largest absolute Gasteiger partial charge is 0.493 e. The average Bonchev–Trinajstić information content (AvgIpc) is 2.73. The summed E-state index contributed by atoms with van der Waals surface area (Å²) in [6.07, 6.45) is 0.705. The highest BCUT2D eigenvalue weighted by atomic mass is 35.5. The minimum absolute atomic E-state index is 0.262. The van der Waals surface area contributed by atoms with Gasteiger partial charge in [0, 0.05) is 17.8 Å². The van der Waals surface area contributed by atoms with Gasteiger partial charge in [-0.25, -0.2) is 0 Å². The smallest absolute Gasteiger partial charge is 0.254 e. The molecule has 0 aromatic heterocycles. The molecule has 156 valence electrons. The Morgan fingerprint density at radius 3 is 2.45 bits per heavy atom. The molecule has 0 fully saturated rings. The van der Waals surface area contributed by atoms with Crippen molar-refractivity contribution in [1.82, 2.24) is 4.90 Å². The molecular weight excluding hydrogens is 392 g/mol. The number of amides is 2. The molecule has 2 rings (SSSR count). The second kappa shape index (κ2) is 10.7. The molecule has 29 heavy (non-hydrogen) atoms. The van der Waals surface area contributed by atoms with Gasteiger partial charge in [0.1, 0.15) is 6.04 Å². The summed E-state index contributed by atoms with van der Waals surface area (Å²) >= 11 is 6.31. The fourth-order valence-corrected chi connectivity index (χ4v) is 3.18. The molecule has 0 saturated heterocycles. The van der Waals surface area contributed by atoms with Crippen LogP contribution >= 0.6 is 11.6 Å². The summed E-state index contributed by atoms with van der Waals surface area (Å²) in [4.78, 5) is 27.5. The standard InChI is InChI=1S/C22H27ClN2O4/c1-5-12-25(15(3)21(26)24-17-10-8-7-9-11-17)22(27)16-13-18(23)20(29-6-2)19(14-16)28-4/h7-11,13-15H,5-6,12H2,1-4H3,(H,24,26). The summed E-state index contributed by atoms with van der Waals surface area (Å²) < 4.78 is 10.8. The first-order valence-corrected chi connectivity index (χ1v) is 9.97. The van der Waals surface area contributed by atoms with Crippen LogP contribution in [0.5, 0.6) is 11.5 Å². The maximum atomic E-state index is 13.2. The van der Waals surface area contributed by atoms with E-state index in [1.54, 1.807) is 31.2 Å². The van der Waals surface area contributed by atoms with E-state index in [4.69, 9.17) is 21.1 Å². The lowest BCUT2D eigenvalue weighted by Crippen LogP contribution is -2.46. The number of benzene rings is 2. The molecule has 1 unspecified atom stereocenters. The Hall–Kier alpha value is -2.73. The molecule has 0 saturated carbocycles. The molecule has 0 heterocycles. The lowest BCUT2D eigenvalue weighted by molar-refractivity contribution is -0.120. The van der Waals surface area contributed by atoms with E-state index >= 15 is 0 Å². The second-order valence-corrected chi connectivity index (χ2v) is 6.86. The van der Waals surface area contributed by atoms with E-state index in [1.165, 1.54) is 12.0 Å². The van der Waals surface area contributed by atoms with Gasteiger partial charge in [-0.05, 0) is 44.5 Å². The molecule has 0 spiro atoms. The van der Waals surface area contributed by atoms with Gasteiger partial charge in [-0.1, -0.05) is 36.7 Å². The molecule has 0 radical (unpaired) electrons. The minimum atomic E-state index is -0.668. The Labute approximate surface area is 176 Å². The van der Waals surface area contributed by atoms with Crippen molar-refractivity contribution in [2.75, 3.05) is 25.6 Å². The van der Waals surface area contributed by atoms with Crippen molar-refractivity contribution >= 4 is 29.1 Å². The fraction of sp³-hybridized carbons (Fsp3) is 0.364. The average molecular weight is 419 g/mol.